The highest BCUT2D eigenvalue weighted by Crippen LogP contribution is 2.48. The minimum absolute atomic E-state index is 0.0157. The van der Waals surface area contributed by atoms with Crippen LogP contribution in [0.15, 0.2) is 55.6 Å². The topological polar surface area (TPSA) is 201 Å². The van der Waals surface area contributed by atoms with Crippen molar-refractivity contribution in [2.75, 3.05) is 20.0 Å². The van der Waals surface area contributed by atoms with Crippen LogP contribution in [0.2, 0.25) is 0 Å². The molecule has 2 N–H and O–H groups in total. The van der Waals surface area contributed by atoms with E-state index in [1.54, 1.807) is 37.3 Å². The first-order chi connectivity index (χ1) is 26.6. The lowest BCUT2D eigenvalue weighted by Crippen LogP contribution is -2.62. The molecule has 1 unspecified atom stereocenters. The molecule has 55 heavy (non-hydrogen) atoms. The highest BCUT2D eigenvalue weighted by Gasteiger charge is 2.53. The Morgan fingerprint density at radius 2 is 1.49 bits per heavy atom. The molecule has 16 nitrogen and oxygen atoms in total. The zero-order chi connectivity index (χ0) is 39.2. The van der Waals surface area contributed by atoms with Crippen molar-refractivity contribution in [2.45, 2.75) is 77.2 Å². The molecule has 3 heterocycles. The first kappa shape index (κ1) is 38.9. The van der Waals surface area contributed by atoms with Crippen molar-refractivity contribution >= 4 is 35.0 Å². The van der Waals surface area contributed by atoms with Crippen molar-refractivity contribution in [1.82, 2.24) is 0 Å². The summed E-state index contributed by atoms with van der Waals surface area (Å²) in [5.74, 6) is -0.389. The Bertz CT molecular complexity index is 1990. The van der Waals surface area contributed by atoms with E-state index in [0.29, 0.717) is 50.9 Å². The molecule has 1 fully saturated rings. The zero-order valence-corrected chi connectivity index (χ0v) is 30.1. The molecule has 3 aliphatic heterocycles. The lowest BCUT2D eigenvalue weighted by atomic mass is 9.87. The average Bonchev–Trinajstić information content (AvgIpc) is 3.81. The van der Waals surface area contributed by atoms with Gasteiger partial charge in [-0.05, 0) is 59.7 Å². The van der Waals surface area contributed by atoms with Crippen molar-refractivity contribution < 1.29 is 76.8 Å². The Morgan fingerprint density at radius 1 is 0.836 bits per heavy atom. The molecule has 6 rings (SSSR count). The van der Waals surface area contributed by atoms with Gasteiger partial charge in [-0.25, -0.2) is 14.4 Å². The maximum absolute atomic E-state index is 13.6. The third kappa shape index (κ3) is 8.01. The van der Waals surface area contributed by atoms with Gasteiger partial charge in [0, 0.05) is 22.9 Å². The first-order valence-corrected chi connectivity index (χ1v) is 17.5. The molecule has 5 atom stereocenters. The lowest BCUT2D eigenvalue weighted by molar-refractivity contribution is -0.275. The third-order valence-electron chi connectivity index (χ3n) is 9.02. The molecule has 0 radical (unpaired) electrons. The van der Waals surface area contributed by atoms with Gasteiger partial charge in [0.05, 0.1) is 18.8 Å². The van der Waals surface area contributed by atoms with Crippen LogP contribution < -0.4 is 14.2 Å². The van der Waals surface area contributed by atoms with Gasteiger partial charge >= 0.3 is 24.2 Å². The van der Waals surface area contributed by atoms with Crippen LogP contribution in [-0.2, 0) is 57.8 Å². The number of benzene rings is 3. The van der Waals surface area contributed by atoms with Gasteiger partial charge in [0.2, 0.25) is 19.2 Å². The maximum Gasteiger partial charge on any atom is 0.509 e. The molecule has 292 valence electrons. The number of ether oxygens (including phenoxy) is 10. The van der Waals surface area contributed by atoms with E-state index in [4.69, 9.17) is 47.4 Å². The number of esters is 2. The van der Waals surface area contributed by atoms with E-state index in [1.165, 1.54) is 19.1 Å². The molecule has 0 saturated carbocycles. The van der Waals surface area contributed by atoms with E-state index >= 15 is 0 Å². The van der Waals surface area contributed by atoms with Gasteiger partial charge < -0.3 is 57.6 Å². The second-order valence-corrected chi connectivity index (χ2v) is 12.6. The number of fused-ring (bicyclic) bond motifs is 3. The van der Waals surface area contributed by atoms with Crippen LogP contribution in [-0.4, -0.2) is 85.2 Å². The number of carbonyl (C=O) groups excluding carboxylic acids is 4. The fraction of sp³-hybridized carbons (Fsp3) is 0.385. The van der Waals surface area contributed by atoms with Crippen LogP contribution in [0, 0.1) is 0 Å². The molecular formula is C39H40O16. The standard InChI is InChI=1S/C39H40O16/c1-5-8-29(42)52-34-32(54-38(44)46-11-6-2)20(4)51-37(35(34)55-39(45)47-12-7-3)53-33-25-14-23(17-41)22(16-40)13-24(25)30(31-26(33)18-48-36(31)43)21-9-10-27-28(15-21)50-19-49-27/h6-7,9-10,13-15,20,32,34-35,37,40-41H,2-3,5,8,11-12,16-19H2,1,4H3/t20-,32-,34+,35-,37?/m1/s1. The predicted molar refractivity (Wildman–Crippen MR) is 189 cm³/mol. The van der Waals surface area contributed by atoms with Crippen LogP contribution in [0.5, 0.6) is 17.2 Å². The molecule has 0 bridgehead atoms. The molecule has 3 aromatic carbocycles. The number of rotatable bonds is 14. The number of aliphatic hydroxyl groups is 2. The molecule has 0 amide bonds. The summed E-state index contributed by atoms with van der Waals surface area (Å²) in [6.45, 7) is 8.74. The van der Waals surface area contributed by atoms with E-state index in [2.05, 4.69) is 13.2 Å². The van der Waals surface area contributed by atoms with Crippen LogP contribution in [0.4, 0.5) is 9.59 Å². The van der Waals surface area contributed by atoms with E-state index < -0.39 is 68.2 Å². The van der Waals surface area contributed by atoms with Crippen molar-refractivity contribution in [3.8, 4) is 28.4 Å². The summed E-state index contributed by atoms with van der Waals surface area (Å²) in [4.78, 5) is 52.4. The normalized spacial score (nSPS) is 20.9. The van der Waals surface area contributed by atoms with Gasteiger partial charge in [-0.1, -0.05) is 38.3 Å². The van der Waals surface area contributed by atoms with E-state index in [-0.39, 0.29) is 49.9 Å². The Balaban J connectivity index is 1.52. The van der Waals surface area contributed by atoms with E-state index in [1.807, 2.05) is 0 Å². The number of aliphatic hydroxyl groups excluding tert-OH is 2. The first-order valence-electron chi connectivity index (χ1n) is 17.5. The largest absolute Gasteiger partial charge is 0.509 e. The second-order valence-electron chi connectivity index (χ2n) is 12.6. The van der Waals surface area contributed by atoms with Crippen LogP contribution in [0.1, 0.15) is 53.7 Å². The van der Waals surface area contributed by atoms with Gasteiger partial charge in [0.15, 0.2) is 23.7 Å². The van der Waals surface area contributed by atoms with Crippen molar-refractivity contribution in [3.05, 3.63) is 77.9 Å². The van der Waals surface area contributed by atoms with Gasteiger partial charge in [-0.3, -0.25) is 4.79 Å². The third-order valence-corrected chi connectivity index (χ3v) is 9.02. The molecule has 1 saturated heterocycles. The Morgan fingerprint density at radius 3 is 2.15 bits per heavy atom. The summed E-state index contributed by atoms with van der Waals surface area (Å²) < 4.78 is 56.7. The van der Waals surface area contributed by atoms with Crippen LogP contribution >= 0.6 is 0 Å². The maximum atomic E-state index is 13.6. The highest BCUT2D eigenvalue weighted by atomic mass is 16.8. The molecule has 0 aliphatic carbocycles. The van der Waals surface area contributed by atoms with Crippen molar-refractivity contribution in [2.24, 2.45) is 0 Å². The minimum atomic E-state index is -1.65. The summed E-state index contributed by atoms with van der Waals surface area (Å²) in [5.41, 5.74) is 2.10. The smallest absolute Gasteiger partial charge is 0.460 e. The minimum Gasteiger partial charge on any atom is -0.460 e. The Hall–Kier alpha value is -5.84. The molecular weight excluding hydrogens is 724 g/mol. The van der Waals surface area contributed by atoms with Crippen molar-refractivity contribution in [3.63, 3.8) is 0 Å². The molecule has 16 heteroatoms. The molecule has 0 aromatic heterocycles. The van der Waals surface area contributed by atoms with E-state index in [0.717, 1.165) is 0 Å². The molecule has 3 aliphatic rings. The van der Waals surface area contributed by atoms with Crippen molar-refractivity contribution in [1.29, 1.82) is 0 Å². The Labute approximate surface area is 315 Å². The second kappa shape index (κ2) is 17.1. The van der Waals surface area contributed by atoms with E-state index in [9.17, 15) is 29.4 Å². The summed E-state index contributed by atoms with van der Waals surface area (Å²) in [6, 6.07) is 8.37. The predicted octanol–water partition coefficient (Wildman–Crippen LogP) is 5.14. The lowest BCUT2D eigenvalue weighted by Gasteiger charge is -2.43. The van der Waals surface area contributed by atoms with Gasteiger partial charge in [-0.15, -0.1) is 0 Å². The fourth-order valence-electron chi connectivity index (χ4n) is 6.56. The molecule has 3 aromatic rings. The Kier molecular flexibility index (Phi) is 12.1. The summed E-state index contributed by atoms with van der Waals surface area (Å²) in [6.07, 6.45) is -6.61. The fourth-order valence-corrected chi connectivity index (χ4v) is 6.56. The van der Waals surface area contributed by atoms with Gasteiger partial charge in [0.25, 0.3) is 0 Å². The monoisotopic (exact) mass is 764 g/mol. The van der Waals surface area contributed by atoms with Gasteiger partial charge in [0.1, 0.15) is 31.7 Å². The summed E-state index contributed by atoms with van der Waals surface area (Å²) in [5, 5.41) is 21.4. The quantitative estimate of drug-likeness (QED) is 0.124. The summed E-state index contributed by atoms with van der Waals surface area (Å²) in [7, 11) is 0. The number of cyclic esters (lactones) is 1. The summed E-state index contributed by atoms with van der Waals surface area (Å²) >= 11 is 0. The van der Waals surface area contributed by atoms with Gasteiger partial charge in [-0.2, -0.15) is 0 Å². The highest BCUT2D eigenvalue weighted by molar-refractivity contribution is 6.13. The van der Waals surface area contributed by atoms with Crippen LogP contribution in [0.3, 0.4) is 0 Å². The zero-order valence-electron chi connectivity index (χ0n) is 30.1. The SMILES string of the molecule is C=CCOC(=O)O[C@H]1[C@H](OC(=O)CCC)[C@@H](OC(=O)OCC=C)C(Oc2c3c(c(-c4ccc5c(c4)OCO5)c4cc(CO)c(CO)cc24)C(=O)OC3)O[C@@H]1C. The molecule has 0 spiro atoms. The number of carbonyl (C=O) groups is 4. The number of hydrogen-bond acceptors (Lipinski definition) is 16. The van der Waals surface area contributed by atoms with Crippen LogP contribution in [0.25, 0.3) is 21.9 Å². The number of hydrogen-bond donors (Lipinski definition) is 2. The average molecular weight is 765 g/mol.